The molecule has 5 N–H and O–H groups in total. The molecule has 1 saturated carbocycles. The lowest BCUT2D eigenvalue weighted by molar-refractivity contribution is -0.121. The summed E-state index contributed by atoms with van der Waals surface area (Å²) in [5.74, 6) is 5.24. The highest BCUT2D eigenvalue weighted by Crippen LogP contribution is 2.18. The van der Waals surface area contributed by atoms with Crippen LogP contribution < -0.4 is 21.9 Å². The summed E-state index contributed by atoms with van der Waals surface area (Å²) < 4.78 is 0. The lowest BCUT2D eigenvalue weighted by atomic mass is 10.2. The second kappa shape index (κ2) is 6.14. The maximum Gasteiger partial charge on any atom is 0.255 e. The summed E-state index contributed by atoms with van der Waals surface area (Å²) in [6.45, 7) is 0.288. The van der Waals surface area contributed by atoms with E-state index in [1.165, 1.54) is 6.20 Å². The van der Waals surface area contributed by atoms with Crippen LogP contribution in [0.25, 0.3) is 0 Å². The highest BCUT2D eigenvalue weighted by atomic mass is 16.2. The van der Waals surface area contributed by atoms with E-state index >= 15 is 0 Å². The third kappa shape index (κ3) is 3.92. The summed E-state index contributed by atoms with van der Waals surface area (Å²) in [6, 6.07) is 3.60. The van der Waals surface area contributed by atoms with Crippen LogP contribution in [0, 0.1) is 0 Å². The van der Waals surface area contributed by atoms with Crippen molar-refractivity contribution >= 4 is 17.6 Å². The number of carbonyl (C=O) groups excluding carboxylic acids is 2. The summed E-state index contributed by atoms with van der Waals surface area (Å²) in [4.78, 5) is 27.2. The Morgan fingerprint density at radius 2 is 2.21 bits per heavy atom. The van der Waals surface area contributed by atoms with Gasteiger partial charge in [-0.3, -0.25) is 9.59 Å². The Morgan fingerprint density at radius 1 is 1.42 bits per heavy atom. The number of hydrogen-bond acceptors (Lipinski definition) is 5. The Labute approximate surface area is 110 Å². The van der Waals surface area contributed by atoms with Crippen molar-refractivity contribution in [2.75, 3.05) is 12.0 Å². The monoisotopic (exact) mass is 263 g/mol. The predicted molar refractivity (Wildman–Crippen MR) is 70.2 cm³/mol. The topological polar surface area (TPSA) is 109 Å². The number of aromatic nitrogens is 1. The van der Waals surface area contributed by atoms with E-state index in [-0.39, 0.29) is 24.8 Å². The standard InChI is InChI=1S/C12H17N5O2/c13-17-11-9(2-1-6-14-11)12(19)15-7-5-10(18)16-8-3-4-8/h1-2,6,8H,3-5,7,13H2,(H,14,17)(H,15,19)(H,16,18). The first-order chi connectivity index (χ1) is 9.20. The zero-order valence-electron chi connectivity index (χ0n) is 10.5. The number of amides is 2. The quantitative estimate of drug-likeness (QED) is 0.418. The first-order valence-corrected chi connectivity index (χ1v) is 6.20. The first-order valence-electron chi connectivity index (χ1n) is 6.20. The number of nitrogens with two attached hydrogens (primary N) is 1. The van der Waals surface area contributed by atoms with Gasteiger partial charge < -0.3 is 16.1 Å². The van der Waals surface area contributed by atoms with Crippen molar-refractivity contribution in [1.29, 1.82) is 0 Å². The summed E-state index contributed by atoms with van der Waals surface area (Å²) in [7, 11) is 0. The van der Waals surface area contributed by atoms with Crippen LogP contribution >= 0.6 is 0 Å². The van der Waals surface area contributed by atoms with Crippen molar-refractivity contribution in [3.63, 3.8) is 0 Å². The molecule has 7 nitrogen and oxygen atoms in total. The molecular formula is C12H17N5O2. The van der Waals surface area contributed by atoms with Crippen molar-refractivity contribution in [3.8, 4) is 0 Å². The van der Waals surface area contributed by atoms with Gasteiger partial charge in [0.05, 0.1) is 5.56 Å². The molecule has 0 saturated heterocycles. The van der Waals surface area contributed by atoms with Crippen molar-refractivity contribution in [2.45, 2.75) is 25.3 Å². The molecule has 0 bridgehead atoms. The van der Waals surface area contributed by atoms with Crippen LogP contribution in [0.1, 0.15) is 29.6 Å². The van der Waals surface area contributed by atoms with Crippen LogP contribution in [0.2, 0.25) is 0 Å². The van der Waals surface area contributed by atoms with E-state index in [1.807, 2.05) is 0 Å². The fraction of sp³-hybridized carbons (Fsp3) is 0.417. The Morgan fingerprint density at radius 3 is 2.89 bits per heavy atom. The van der Waals surface area contributed by atoms with Crippen molar-refractivity contribution < 1.29 is 9.59 Å². The second-order valence-electron chi connectivity index (χ2n) is 4.39. The van der Waals surface area contributed by atoms with E-state index in [1.54, 1.807) is 12.1 Å². The van der Waals surface area contributed by atoms with Crippen LogP contribution in [0.15, 0.2) is 18.3 Å². The average molecular weight is 263 g/mol. The Balaban J connectivity index is 1.78. The van der Waals surface area contributed by atoms with Crippen LogP contribution in [0.3, 0.4) is 0 Å². The summed E-state index contributed by atoms with van der Waals surface area (Å²) >= 11 is 0. The maximum atomic E-state index is 11.9. The fourth-order valence-electron chi connectivity index (χ4n) is 1.62. The normalized spacial score (nSPS) is 13.7. The van der Waals surface area contributed by atoms with E-state index in [9.17, 15) is 9.59 Å². The Kier molecular flexibility index (Phi) is 4.30. The molecule has 0 unspecified atom stereocenters. The van der Waals surface area contributed by atoms with Gasteiger partial charge in [0.25, 0.3) is 5.91 Å². The molecule has 0 atom stereocenters. The molecule has 0 aliphatic heterocycles. The highest BCUT2D eigenvalue weighted by molar-refractivity contribution is 5.98. The molecule has 1 aromatic rings. The van der Waals surface area contributed by atoms with Gasteiger partial charge in [-0.15, -0.1) is 0 Å². The number of anilines is 1. The van der Waals surface area contributed by atoms with Crippen LogP contribution in [-0.2, 0) is 4.79 Å². The van der Waals surface area contributed by atoms with Gasteiger partial charge in [-0.05, 0) is 25.0 Å². The molecule has 1 fully saturated rings. The van der Waals surface area contributed by atoms with Crippen LogP contribution in [0.5, 0.6) is 0 Å². The number of pyridine rings is 1. The zero-order valence-corrected chi connectivity index (χ0v) is 10.5. The van der Waals surface area contributed by atoms with Crippen molar-refractivity contribution in [2.24, 2.45) is 5.84 Å². The molecule has 0 spiro atoms. The van der Waals surface area contributed by atoms with Gasteiger partial charge in [-0.1, -0.05) is 0 Å². The number of nitrogens with zero attached hydrogens (tertiary/aromatic N) is 1. The van der Waals surface area contributed by atoms with E-state index in [0.717, 1.165) is 12.8 Å². The van der Waals surface area contributed by atoms with E-state index < -0.39 is 0 Å². The third-order valence-electron chi connectivity index (χ3n) is 2.77. The molecule has 2 rings (SSSR count). The minimum absolute atomic E-state index is 0.0360. The summed E-state index contributed by atoms with van der Waals surface area (Å²) in [5.41, 5.74) is 2.71. The Hall–Kier alpha value is -2.15. The number of rotatable bonds is 6. The van der Waals surface area contributed by atoms with Gasteiger partial charge in [0, 0.05) is 25.2 Å². The lowest BCUT2D eigenvalue weighted by Crippen LogP contribution is -2.32. The zero-order chi connectivity index (χ0) is 13.7. The molecule has 7 heteroatoms. The first kappa shape index (κ1) is 13.3. The van der Waals surface area contributed by atoms with E-state index in [4.69, 9.17) is 5.84 Å². The summed E-state index contributed by atoms with van der Waals surface area (Å²) in [5, 5.41) is 5.52. The SMILES string of the molecule is NNc1ncccc1C(=O)NCCC(=O)NC1CC1. The van der Waals surface area contributed by atoms with Crippen LogP contribution in [0.4, 0.5) is 5.82 Å². The molecule has 1 heterocycles. The second-order valence-corrected chi connectivity index (χ2v) is 4.39. The molecule has 2 amide bonds. The van der Waals surface area contributed by atoms with Gasteiger partial charge in [0.1, 0.15) is 0 Å². The smallest absolute Gasteiger partial charge is 0.255 e. The van der Waals surface area contributed by atoms with Gasteiger partial charge in [-0.25, -0.2) is 10.8 Å². The minimum Gasteiger partial charge on any atom is -0.353 e. The van der Waals surface area contributed by atoms with Gasteiger partial charge in [-0.2, -0.15) is 0 Å². The average Bonchev–Trinajstić information content (AvgIpc) is 3.22. The molecule has 0 radical (unpaired) electrons. The molecule has 1 aromatic heterocycles. The van der Waals surface area contributed by atoms with Crippen molar-refractivity contribution in [1.82, 2.24) is 15.6 Å². The fourth-order valence-corrected chi connectivity index (χ4v) is 1.62. The summed E-state index contributed by atoms with van der Waals surface area (Å²) in [6.07, 6.45) is 3.92. The van der Waals surface area contributed by atoms with Crippen molar-refractivity contribution in [3.05, 3.63) is 23.9 Å². The molecule has 1 aliphatic rings. The van der Waals surface area contributed by atoms with E-state index in [2.05, 4.69) is 21.0 Å². The number of hydrogen-bond donors (Lipinski definition) is 4. The minimum atomic E-state index is -0.305. The highest BCUT2D eigenvalue weighted by Gasteiger charge is 2.22. The molecular weight excluding hydrogens is 246 g/mol. The third-order valence-corrected chi connectivity index (χ3v) is 2.77. The van der Waals surface area contributed by atoms with E-state index in [0.29, 0.717) is 17.4 Å². The van der Waals surface area contributed by atoms with Gasteiger partial charge in [0.15, 0.2) is 5.82 Å². The van der Waals surface area contributed by atoms with Gasteiger partial charge >= 0.3 is 0 Å². The molecule has 19 heavy (non-hydrogen) atoms. The number of nitrogen functional groups attached to an aromatic ring is 1. The largest absolute Gasteiger partial charge is 0.353 e. The number of carbonyl (C=O) groups is 2. The molecule has 1 aliphatic carbocycles. The van der Waals surface area contributed by atoms with Crippen LogP contribution in [-0.4, -0.2) is 29.4 Å². The predicted octanol–water partition coefficient (Wildman–Crippen LogP) is -0.234. The number of hydrazine groups is 1. The maximum absolute atomic E-state index is 11.9. The molecule has 0 aromatic carbocycles. The molecule has 102 valence electrons. The lowest BCUT2D eigenvalue weighted by Gasteiger charge is -2.08. The van der Waals surface area contributed by atoms with Gasteiger partial charge in [0.2, 0.25) is 5.91 Å². The Bertz CT molecular complexity index is 473. The number of nitrogens with one attached hydrogen (secondary N) is 3.